The molecule has 0 fully saturated rings. The summed E-state index contributed by atoms with van der Waals surface area (Å²) in [5.41, 5.74) is -0.673. The summed E-state index contributed by atoms with van der Waals surface area (Å²) in [6.07, 6.45) is 1.35. The van der Waals surface area contributed by atoms with Crippen LogP contribution < -0.4 is 5.43 Å². The molecule has 3 nitrogen and oxygen atoms in total. The number of aromatic nitrogens is 2. The third-order valence-electron chi connectivity index (χ3n) is 3.38. The van der Waals surface area contributed by atoms with E-state index in [1.165, 1.54) is 18.3 Å². The Bertz CT molecular complexity index is 962. The lowest BCUT2D eigenvalue weighted by atomic mass is 10.1. The average molecular weight is 338 g/mol. The zero-order valence-corrected chi connectivity index (χ0v) is 12.4. The van der Waals surface area contributed by atoms with E-state index in [1.54, 1.807) is 0 Å². The Morgan fingerprint density at radius 2 is 1.83 bits per heavy atom. The van der Waals surface area contributed by atoms with Crippen LogP contribution in [0.15, 0.2) is 35.3 Å². The normalized spacial score (nSPS) is 11.2. The Morgan fingerprint density at radius 1 is 1.17 bits per heavy atom. The van der Waals surface area contributed by atoms with E-state index >= 15 is 0 Å². The summed E-state index contributed by atoms with van der Waals surface area (Å²) in [4.78, 5) is 16.3. The summed E-state index contributed by atoms with van der Waals surface area (Å²) in [6, 6.07) is 3.93. The van der Waals surface area contributed by atoms with Gasteiger partial charge in [0.25, 0.3) is 0 Å². The predicted octanol–water partition coefficient (Wildman–Crippen LogP) is 3.83. The maximum absolute atomic E-state index is 14.1. The van der Waals surface area contributed by atoms with Crippen molar-refractivity contribution in [3.8, 4) is 5.69 Å². The molecule has 0 aliphatic carbocycles. The third-order valence-corrected chi connectivity index (χ3v) is 3.59. The van der Waals surface area contributed by atoms with Crippen molar-refractivity contribution in [2.24, 2.45) is 0 Å². The molecule has 2 aromatic heterocycles. The van der Waals surface area contributed by atoms with Gasteiger partial charge in [-0.2, -0.15) is 0 Å². The monoisotopic (exact) mass is 337 g/mol. The zero-order chi connectivity index (χ0) is 16.7. The molecule has 117 valence electrons. The van der Waals surface area contributed by atoms with Gasteiger partial charge in [0.2, 0.25) is 0 Å². The van der Waals surface area contributed by atoms with Crippen LogP contribution in [0.4, 0.5) is 13.2 Å². The molecule has 0 saturated heterocycles. The molecule has 1 radical (unpaired) electrons. The molecule has 7 heteroatoms. The number of hydrogen-bond acceptors (Lipinski definition) is 2. The second kappa shape index (κ2) is 5.70. The van der Waals surface area contributed by atoms with Crippen LogP contribution in [0.2, 0.25) is 5.15 Å². The minimum atomic E-state index is -1.12. The molecule has 0 bridgehead atoms. The summed E-state index contributed by atoms with van der Waals surface area (Å²) in [7, 11) is 0. The SMILES string of the molecule is [CH2]Cc1cn(-c2c(F)cc(F)cc2F)c2nc(Cl)ccc2c1=O. The molecule has 0 amide bonds. The Morgan fingerprint density at radius 3 is 2.43 bits per heavy atom. The van der Waals surface area contributed by atoms with Gasteiger partial charge in [0.1, 0.15) is 22.3 Å². The third kappa shape index (κ3) is 2.59. The Balaban J connectivity index is 2.49. The van der Waals surface area contributed by atoms with E-state index < -0.39 is 23.1 Å². The Kier molecular flexibility index (Phi) is 3.85. The first-order chi connectivity index (χ1) is 10.9. The van der Waals surface area contributed by atoms with Crippen molar-refractivity contribution < 1.29 is 13.2 Å². The summed E-state index contributed by atoms with van der Waals surface area (Å²) in [6.45, 7) is 3.63. The fourth-order valence-electron chi connectivity index (χ4n) is 2.35. The number of hydrogen-bond donors (Lipinski definition) is 0. The number of benzene rings is 1. The van der Waals surface area contributed by atoms with Crippen molar-refractivity contribution in [3.05, 3.63) is 75.8 Å². The molecular formula is C16H9ClF3N2O. The van der Waals surface area contributed by atoms with Gasteiger partial charge in [-0.3, -0.25) is 9.36 Å². The fourth-order valence-corrected chi connectivity index (χ4v) is 2.49. The zero-order valence-electron chi connectivity index (χ0n) is 11.6. The second-order valence-corrected chi connectivity index (χ2v) is 5.21. The van der Waals surface area contributed by atoms with Gasteiger partial charge in [-0.05, 0) is 25.5 Å². The Labute approximate surface area is 134 Å². The molecule has 3 rings (SSSR count). The molecule has 2 heterocycles. The number of pyridine rings is 2. The molecular weight excluding hydrogens is 329 g/mol. The van der Waals surface area contributed by atoms with Gasteiger partial charge in [-0.1, -0.05) is 11.6 Å². The van der Waals surface area contributed by atoms with Crippen LogP contribution in [0, 0.1) is 24.4 Å². The van der Waals surface area contributed by atoms with Crippen LogP contribution in [0.1, 0.15) is 5.56 Å². The molecule has 0 atom stereocenters. The Hall–Kier alpha value is -2.34. The molecule has 0 saturated carbocycles. The smallest absolute Gasteiger partial charge is 0.194 e. The van der Waals surface area contributed by atoms with Crippen LogP contribution in [0.25, 0.3) is 16.7 Å². The largest absolute Gasteiger partial charge is 0.295 e. The van der Waals surface area contributed by atoms with Gasteiger partial charge in [0.15, 0.2) is 17.1 Å². The molecule has 0 unspecified atom stereocenters. The van der Waals surface area contributed by atoms with E-state index in [4.69, 9.17) is 11.6 Å². The first-order valence-corrected chi connectivity index (χ1v) is 6.95. The quantitative estimate of drug-likeness (QED) is 0.666. The predicted molar refractivity (Wildman–Crippen MR) is 81.3 cm³/mol. The van der Waals surface area contributed by atoms with Gasteiger partial charge in [-0.25, -0.2) is 18.2 Å². The van der Waals surface area contributed by atoms with E-state index in [1.807, 2.05) is 0 Å². The van der Waals surface area contributed by atoms with E-state index in [2.05, 4.69) is 11.9 Å². The maximum Gasteiger partial charge on any atom is 0.194 e. The lowest BCUT2D eigenvalue weighted by Crippen LogP contribution is -2.16. The molecule has 1 aromatic carbocycles. The van der Waals surface area contributed by atoms with Crippen LogP contribution in [0.3, 0.4) is 0 Å². The lowest BCUT2D eigenvalue weighted by molar-refractivity contribution is 0.535. The van der Waals surface area contributed by atoms with Gasteiger partial charge in [0.05, 0.1) is 5.39 Å². The highest BCUT2D eigenvalue weighted by atomic mass is 35.5. The van der Waals surface area contributed by atoms with Crippen molar-refractivity contribution in [1.82, 2.24) is 9.55 Å². The van der Waals surface area contributed by atoms with Crippen LogP contribution >= 0.6 is 11.6 Å². The minimum Gasteiger partial charge on any atom is -0.295 e. The standard InChI is InChI=1S/C16H9ClF3N2O/c1-2-8-7-22(14-11(19)5-9(18)6-12(14)20)16-10(15(8)23)3-4-13(17)21-16/h3-7H,1-2H2. The first kappa shape index (κ1) is 15.6. The van der Waals surface area contributed by atoms with Crippen molar-refractivity contribution in [3.63, 3.8) is 0 Å². The number of fused-ring (bicyclic) bond motifs is 1. The summed E-state index contributed by atoms with van der Waals surface area (Å²) in [5.74, 6) is -3.29. The second-order valence-electron chi connectivity index (χ2n) is 4.83. The van der Waals surface area contributed by atoms with E-state index in [0.29, 0.717) is 12.1 Å². The fraction of sp³-hybridized carbons (Fsp3) is 0.0625. The van der Waals surface area contributed by atoms with Crippen LogP contribution in [0.5, 0.6) is 0 Å². The molecule has 23 heavy (non-hydrogen) atoms. The summed E-state index contributed by atoms with van der Waals surface area (Å²) in [5, 5.41) is 0.189. The summed E-state index contributed by atoms with van der Waals surface area (Å²) >= 11 is 5.82. The highest BCUT2D eigenvalue weighted by Gasteiger charge is 2.18. The molecule has 0 spiro atoms. The lowest BCUT2D eigenvalue weighted by Gasteiger charge is -2.14. The molecule has 3 aromatic rings. The number of halogens is 4. The van der Waals surface area contributed by atoms with E-state index in [0.717, 1.165) is 4.57 Å². The van der Waals surface area contributed by atoms with Crippen molar-refractivity contribution in [2.45, 2.75) is 6.42 Å². The number of rotatable bonds is 2. The van der Waals surface area contributed by atoms with Gasteiger partial charge in [0, 0.05) is 23.9 Å². The molecule has 0 aliphatic heterocycles. The highest BCUT2D eigenvalue weighted by Crippen LogP contribution is 2.24. The molecule has 0 aliphatic rings. The van der Waals surface area contributed by atoms with Crippen molar-refractivity contribution in [1.29, 1.82) is 0 Å². The van der Waals surface area contributed by atoms with E-state index in [9.17, 15) is 18.0 Å². The van der Waals surface area contributed by atoms with E-state index in [-0.39, 0.29) is 33.6 Å². The topological polar surface area (TPSA) is 34.9 Å². The van der Waals surface area contributed by atoms with Crippen molar-refractivity contribution in [2.75, 3.05) is 0 Å². The summed E-state index contributed by atoms with van der Waals surface area (Å²) < 4.78 is 42.4. The van der Waals surface area contributed by atoms with Gasteiger partial charge >= 0.3 is 0 Å². The highest BCUT2D eigenvalue weighted by molar-refractivity contribution is 6.29. The van der Waals surface area contributed by atoms with Gasteiger partial charge in [-0.15, -0.1) is 0 Å². The number of nitrogens with zero attached hydrogens (tertiary/aromatic N) is 2. The maximum atomic E-state index is 14.1. The van der Waals surface area contributed by atoms with Gasteiger partial charge < -0.3 is 0 Å². The first-order valence-electron chi connectivity index (χ1n) is 6.57. The van der Waals surface area contributed by atoms with Crippen molar-refractivity contribution >= 4 is 22.6 Å². The average Bonchev–Trinajstić information content (AvgIpc) is 2.48. The minimum absolute atomic E-state index is 0.0240. The van der Waals surface area contributed by atoms with Crippen LogP contribution in [-0.2, 0) is 6.42 Å². The molecule has 0 N–H and O–H groups in total. The van der Waals surface area contributed by atoms with Crippen LogP contribution in [-0.4, -0.2) is 9.55 Å².